The summed E-state index contributed by atoms with van der Waals surface area (Å²) in [4.78, 5) is 49.2. The number of esters is 1. The Morgan fingerprint density at radius 1 is 1.10 bits per heavy atom. The maximum Gasteiger partial charge on any atom is 0.338 e. The standard InChI is InChI=1S/C22H30N2O6/c1-14-15(2)19(13-30-22(29)17-8-5-4-6-9-17)24(12-18(14)23-16(3)25)20(26)10-7-11-21(27)28/h4-6,8-9,14-15,18-19H,7,10-13H2,1-3H3,(H,23,25)(H,27,28)/t14-,15+,18?,19?/m0/s1. The van der Waals surface area contributed by atoms with E-state index in [1.54, 1.807) is 35.2 Å². The molecule has 0 saturated carbocycles. The molecule has 1 saturated heterocycles. The molecule has 8 nitrogen and oxygen atoms in total. The Kier molecular flexibility index (Phi) is 8.38. The van der Waals surface area contributed by atoms with Gasteiger partial charge in [-0.25, -0.2) is 4.79 Å². The maximum absolute atomic E-state index is 12.9. The first-order valence-corrected chi connectivity index (χ1v) is 10.2. The zero-order valence-electron chi connectivity index (χ0n) is 17.7. The first-order chi connectivity index (χ1) is 14.2. The third-order valence-corrected chi connectivity index (χ3v) is 5.75. The number of aliphatic carboxylic acids is 1. The Bertz CT molecular complexity index is 766. The van der Waals surface area contributed by atoms with Crippen LogP contribution in [0.2, 0.25) is 0 Å². The Labute approximate surface area is 176 Å². The number of nitrogens with zero attached hydrogens (tertiary/aromatic N) is 1. The van der Waals surface area contributed by atoms with Gasteiger partial charge in [-0.3, -0.25) is 14.4 Å². The zero-order valence-corrected chi connectivity index (χ0v) is 17.7. The van der Waals surface area contributed by atoms with Gasteiger partial charge in [0.25, 0.3) is 0 Å². The molecule has 1 fully saturated rings. The first kappa shape index (κ1) is 23.4. The number of ether oxygens (including phenoxy) is 1. The molecule has 1 aromatic rings. The number of rotatable bonds is 8. The molecule has 2 unspecified atom stereocenters. The molecule has 30 heavy (non-hydrogen) atoms. The van der Waals surface area contributed by atoms with Crippen molar-refractivity contribution in [2.45, 2.75) is 52.1 Å². The van der Waals surface area contributed by atoms with Crippen LogP contribution >= 0.6 is 0 Å². The summed E-state index contributed by atoms with van der Waals surface area (Å²) in [6, 6.07) is 8.06. The van der Waals surface area contributed by atoms with Crippen LogP contribution in [0.15, 0.2) is 30.3 Å². The van der Waals surface area contributed by atoms with Gasteiger partial charge in [-0.15, -0.1) is 0 Å². The van der Waals surface area contributed by atoms with Crippen molar-refractivity contribution in [1.82, 2.24) is 10.2 Å². The predicted octanol–water partition coefficient (Wildman–Crippen LogP) is 2.09. The topological polar surface area (TPSA) is 113 Å². The van der Waals surface area contributed by atoms with E-state index in [1.807, 2.05) is 13.8 Å². The lowest BCUT2D eigenvalue weighted by Crippen LogP contribution is -2.61. The molecule has 2 amide bonds. The number of carboxylic acid groups (broad SMARTS) is 1. The van der Waals surface area contributed by atoms with Crippen molar-refractivity contribution in [3.8, 4) is 0 Å². The van der Waals surface area contributed by atoms with Gasteiger partial charge in [-0.2, -0.15) is 0 Å². The van der Waals surface area contributed by atoms with Crippen LogP contribution < -0.4 is 5.32 Å². The minimum atomic E-state index is -0.951. The van der Waals surface area contributed by atoms with Crippen LogP contribution in [0.4, 0.5) is 0 Å². The van der Waals surface area contributed by atoms with E-state index in [9.17, 15) is 19.2 Å². The van der Waals surface area contributed by atoms with Gasteiger partial charge in [-0.05, 0) is 30.4 Å². The third kappa shape index (κ3) is 6.30. The molecule has 8 heteroatoms. The van der Waals surface area contributed by atoms with Gasteiger partial charge < -0.3 is 20.1 Å². The molecule has 1 heterocycles. The van der Waals surface area contributed by atoms with Crippen LogP contribution in [0, 0.1) is 11.8 Å². The van der Waals surface area contributed by atoms with Gasteiger partial charge in [0.15, 0.2) is 0 Å². The smallest absolute Gasteiger partial charge is 0.338 e. The number of amides is 2. The maximum atomic E-state index is 12.9. The van der Waals surface area contributed by atoms with Gasteiger partial charge in [-0.1, -0.05) is 32.0 Å². The highest BCUT2D eigenvalue weighted by Crippen LogP contribution is 2.30. The number of likely N-dealkylation sites (tertiary alicyclic amines) is 1. The minimum absolute atomic E-state index is 0.0384. The van der Waals surface area contributed by atoms with E-state index in [0.717, 1.165) is 0 Å². The molecule has 4 atom stereocenters. The fourth-order valence-electron chi connectivity index (χ4n) is 3.83. The molecule has 1 aliphatic heterocycles. The normalized spacial score (nSPS) is 23.5. The average molecular weight is 418 g/mol. The lowest BCUT2D eigenvalue weighted by atomic mass is 9.78. The molecule has 0 aliphatic carbocycles. The van der Waals surface area contributed by atoms with Crippen LogP contribution in [-0.2, 0) is 19.1 Å². The highest BCUT2D eigenvalue weighted by Gasteiger charge is 2.41. The summed E-state index contributed by atoms with van der Waals surface area (Å²) in [5, 5.41) is 11.7. The van der Waals surface area contributed by atoms with Crippen LogP contribution in [0.25, 0.3) is 0 Å². The summed E-state index contributed by atoms with van der Waals surface area (Å²) in [6.07, 6.45) is 0.230. The van der Waals surface area contributed by atoms with Crippen molar-refractivity contribution in [2.24, 2.45) is 11.8 Å². The number of piperidine rings is 1. The van der Waals surface area contributed by atoms with Crippen LogP contribution in [0.3, 0.4) is 0 Å². The highest BCUT2D eigenvalue weighted by atomic mass is 16.5. The Balaban J connectivity index is 2.13. The zero-order chi connectivity index (χ0) is 22.3. The Morgan fingerprint density at radius 2 is 1.77 bits per heavy atom. The summed E-state index contributed by atoms with van der Waals surface area (Å²) >= 11 is 0. The van der Waals surface area contributed by atoms with E-state index in [4.69, 9.17) is 9.84 Å². The van der Waals surface area contributed by atoms with Crippen molar-refractivity contribution in [3.63, 3.8) is 0 Å². The fourth-order valence-corrected chi connectivity index (χ4v) is 3.83. The molecule has 0 aromatic heterocycles. The number of carbonyl (C=O) groups excluding carboxylic acids is 3. The van der Waals surface area contributed by atoms with Crippen LogP contribution in [0.5, 0.6) is 0 Å². The first-order valence-electron chi connectivity index (χ1n) is 10.2. The van der Waals surface area contributed by atoms with Gasteiger partial charge in [0.1, 0.15) is 6.61 Å². The second-order valence-electron chi connectivity index (χ2n) is 7.85. The predicted molar refractivity (Wildman–Crippen MR) is 110 cm³/mol. The second kappa shape index (κ2) is 10.8. The third-order valence-electron chi connectivity index (χ3n) is 5.75. The van der Waals surface area contributed by atoms with Crippen molar-refractivity contribution >= 4 is 23.8 Å². The molecule has 0 bridgehead atoms. The van der Waals surface area contributed by atoms with E-state index >= 15 is 0 Å². The molecular weight excluding hydrogens is 388 g/mol. The number of hydrogen-bond acceptors (Lipinski definition) is 5. The van der Waals surface area contributed by atoms with Crippen LogP contribution in [0.1, 0.15) is 50.4 Å². The lowest BCUT2D eigenvalue weighted by Gasteiger charge is -2.47. The molecule has 2 rings (SSSR count). The lowest BCUT2D eigenvalue weighted by molar-refractivity contribution is -0.142. The summed E-state index contributed by atoms with van der Waals surface area (Å²) in [7, 11) is 0. The summed E-state index contributed by atoms with van der Waals surface area (Å²) in [5.74, 6) is -1.76. The quantitative estimate of drug-likeness (QED) is 0.625. The van der Waals surface area contributed by atoms with E-state index in [-0.39, 0.29) is 61.6 Å². The monoisotopic (exact) mass is 418 g/mol. The summed E-state index contributed by atoms with van der Waals surface area (Å²) in [5.41, 5.74) is 0.435. The SMILES string of the molecule is CC(=O)NC1CN(C(=O)CCCC(=O)O)C(COC(=O)c2ccccc2)[C@H](C)[C@@H]1C. The molecule has 164 valence electrons. The molecule has 0 radical (unpaired) electrons. The Morgan fingerprint density at radius 3 is 2.37 bits per heavy atom. The van der Waals surface area contributed by atoms with E-state index < -0.39 is 11.9 Å². The number of carbonyl (C=O) groups is 4. The minimum Gasteiger partial charge on any atom is -0.481 e. The highest BCUT2D eigenvalue weighted by molar-refractivity contribution is 5.89. The van der Waals surface area contributed by atoms with Crippen molar-refractivity contribution in [1.29, 1.82) is 0 Å². The number of nitrogens with one attached hydrogen (secondary N) is 1. The Hall–Kier alpha value is -2.90. The molecule has 0 spiro atoms. The van der Waals surface area contributed by atoms with E-state index in [2.05, 4.69) is 5.32 Å². The summed E-state index contributed by atoms with van der Waals surface area (Å²) < 4.78 is 5.51. The van der Waals surface area contributed by atoms with Crippen molar-refractivity contribution < 1.29 is 29.0 Å². The van der Waals surface area contributed by atoms with E-state index in [0.29, 0.717) is 12.1 Å². The number of benzene rings is 1. The van der Waals surface area contributed by atoms with Gasteiger partial charge in [0, 0.05) is 32.4 Å². The van der Waals surface area contributed by atoms with Crippen molar-refractivity contribution in [3.05, 3.63) is 35.9 Å². The summed E-state index contributed by atoms with van der Waals surface area (Å²) in [6.45, 7) is 5.74. The largest absolute Gasteiger partial charge is 0.481 e. The van der Waals surface area contributed by atoms with E-state index in [1.165, 1.54) is 6.92 Å². The number of hydrogen-bond donors (Lipinski definition) is 2. The van der Waals surface area contributed by atoms with Crippen LogP contribution in [-0.4, -0.2) is 59.0 Å². The average Bonchev–Trinajstić information content (AvgIpc) is 2.70. The van der Waals surface area contributed by atoms with Gasteiger partial charge in [0.2, 0.25) is 11.8 Å². The van der Waals surface area contributed by atoms with Gasteiger partial charge in [0.05, 0.1) is 11.6 Å². The van der Waals surface area contributed by atoms with Gasteiger partial charge >= 0.3 is 11.9 Å². The molecule has 1 aliphatic rings. The fraction of sp³-hybridized carbons (Fsp3) is 0.545. The molecule has 1 aromatic carbocycles. The second-order valence-corrected chi connectivity index (χ2v) is 7.85. The number of carboxylic acids is 1. The molecule has 2 N–H and O–H groups in total. The van der Waals surface area contributed by atoms with Crippen molar-refractivity contribution in [2.75, 3.05) is 13.2 Å². The molecular formula is C22H30N2O6.